The van der Waals surface area contributed by atoms with Gasteiger partial charge in [0.05, 0.1) is 25.9 Å². The van der Waals surface area contributed by atoms with Gasteiger partial charge in [0.25, 0.3) is 0 Å². The number of ether oxygens (including phenoxy) is 2. The number of unbranched alkanes of at least 4 members (excludes halogenated alkanes) is 9. The number of carbonyl (C=O) groups excluding carboxylic acids is 2. The molecule has 0 saturated carbocycles. The number of rotatable bonds is 37. The van der Waals surface area contributed by atoms with Crippen LogP contribution in [0.15, 0.2) is 85.1 Å². The van der Waals surface area contributed by atoms with E-state index in [0.717, 1.165) is 57.8 Å². The molecule has 0 aromatic rings. The monoisotopic (exact) mass is 808 g/mol. The van der Waals surface area contributed by atoms with Crippen LogP contribution in [0.4, 0.5) is 0 Å². The number of allylic oxidation sites excluding steroid dienone is 12. The van der Waals surface area contributed by atoms with E-state index in [4.69, 9.17) is 19.1 Å². The molecule has 0 aliphatic rings. The minimum atomic E-state index is -4.65. The fourth-order valence-electron chi connectivity index (χ4n) is 4.92. The van der Waals surface area contributed by atoms with Gasteiger partial charge in [-0.25, -0.2) is 4.57 Å². The Morgan fingerprint density at radius 3 is 1.91 bits per heavy atom. The maximum atomic E-state index is 12.6. The molecule has 0 aromatic carbocycles. The van der Waals surface area contributed by atoms with Crippen LogP contribution >= 0.6 is 7.82 Å². The van der Waals surface area contributed by atoms with Crippen LogP contribution in [-0.4, -0.2) is 76.9 Å². The van der Waals surface area contributed by atoms with Gasteiger partial charge < -0.3 is 29.7 Å². The largest absolute Gasteiger partial charge is 0.472 e. The van der Waals surface area contributed by atoms with Crippen molar-refractivity contribution in [1.29, 1.82) is 0 Å². The second kappa shape index (κ2) is 39.0. The second-order valence-corrected chi connectivity index (χ2v) is 14.9. The maximum Gasteiger partial charge on any atom is 0.472 e. The van der Waals surface area contributed by atoms with Crippen molar-refractivity contribution in [1.82, 2.24) is 0 Å². The SMILES string of the molecule is CC/C=C\C/C=C\CC(O)/C=C/C=C\C/C=C\C/C=C\CCC(=O)OC[C@H](COP(=O)(O)OC[C@@H](O)CO)OC(=O)CCCCCCC/C=C\CCCCCC. The fourth-order valence-corrected chi connectivity index (χ4v) is 5.71. The van der Waals surface area contributed by atoms with Gasteiger partial charge in [-0.1, -0.05) is 137 Å². The number of aliphatic hydroxyl groups excluding tert-OH is 3. The Bertz CT molecular complexity index is 1220. The Morgan fingerprint density at radius 1 is 0.625 bits per heavy atom. The molecule has 320 valence electrons. The average Bonchev–Trinajstić information content (AvgIpc) is 3.18. The molecule has 0 heterocycles. The molecule has 0 bridgehead atoms. The first kappa shape index (κ1) is 53.1. The summed E-state index contributed by atoms with van der Waals surface area (Å²) < 4.78 is 32.5. The smallest absolute Gasteiger partial charge is 0.462 e. The molecule has 56 heavy (non-hydrogen) atoms. The van der Waals surface area contributed by atoms with E-state index in [2.05, 4.69) is 42.7 Å². The number of hydrogen-bond donors (Lipinski definition) is 4. The molecule has 4 N–H and O–H groups in total. The van der Waals surface area contributed by atoms with E-state index in [1.54, 1.807) is 6.08 Å². The quantitative estimate of drug-likeness (QED) is 0.0155. The molecule has 2 unspecified atom stereocenters. The zero-order valence-electron chi connectivity index (χ0n) is 34.2. The van der Waals surface area contributed by atoms with Crippen molar-refractivity contribution in [2.75, 3.05) is 26.4 Å². The van der Waals surface area contributed by atoms with Gasteiger partial charge in [-0.05, 0) is 70.6 Å². The van der Waals surface area contributed by atoms with Crippen LogP contribution in [0.25, 0.3) is 0 Å². The van der Waals surface area contributed by atoms with Gasteiger partial charge in [0.2, 0.25) is 0 Å². The topological polar surface area (TPSA) is 169 Å². The van der Waals surface area contributed by atoms with Crippen LogP contribution in [0.5, 0.6) is 0 Å². The third kappa shape index (κ3) is 38.0. The van der Waals surface area contributed by atoms with Crippen LogP contribution in [0.2, 0.25) is 0 Å². The van der Waals surface area contributed by atoms with Gasteiger partial charge in [-0.15, -0.1) is 0 Å². The molecule has 0 aliphatic heterocycles. The zero-order chi connectivity index (χ0) is 41.4. The normalized spacial score (nSPS) is 15.3. The summed E-state index contributed by atoms with van der Waals surface area (Å²) in [5.41, 5.74) is 0. The van der Waals surface area contributed by atoms with E-state index in [9.17, 15) is 29.3 Å². The zero-order valence-corrected chi connectivity index (χ0v) is 35.1. The van der Waals surface area contributed by atoms with Gasteiger partial charge in [-0.2, -0.15) is 0 Å². The van der Waals surface area contributed by atoms with Gasteiger partial charge in [0.15, 0.2) is 6.10 Å². The lowest BCUT2D eigenvalue weighted by molar-refractivity contribution is -0.161. The Morgan fingerprint density at radius 2 is 1.21 bits per heavy atom. The van der Waals surface area contributed by atoms with Crippen molar-refractivity contribution in [3.63, 3.8) is 0 Å². The van der Waals surface area contributed by atoms with Gasteiger partial charge in [0, 0.05) is 12.8 Å². The standard InChI is InChI=1S/C44H73O11P/c1-3-5-7-9-11-12-13-14-15-20-23-27-31-35-44(49)55-42(39-54-56(50,51)53-37-41(47)36-45)38-52-43(48)34-30-26-22-19-17-16-18-21-25-29-33-40(46)32-28-24-10-8-6-4-2/h6,8,12-13,16-17,21-22,24-26,28-29,33,40-42,45-47H,3-5,7,9-11,14-15,18-20,23,27,30-32,34-39H2,1-2H3,(H,50,51)/b8-6-,13-12-,17-16-,25-21-,26-22-,28-24-,33-29+/t40?,41-,42+/m0/s1. The highest BCUT2D eigenvalue weighted by atomic mass is 31.2. The number of aliphatic hydroxyl groups is 3. The highest BCUT2D eigenvalue weighted by molar-refractivity contribution is 7.47. The van der Waals surface area contributed by atoms with E-state index in [1.807, 2.05) is 54.7 Å². The number of hydrogen-bond acceptors (Lipinski definition) is 10. The average molecular weight is 809 g/mol. The van der Waals surface area contributed by atoms with E-state index in [-0.39, 0.29) is 19.4 Å². The van der Waals surface area contributed by atoms with Crippen molar-refractivity contribution in [2.24, 2.45) is 0 Å². The van der Waals surface area contributed by atoms with Crippen molar-refractivity contribution >= 4 is 19.8 Å². The van der Waals surface area contributed by atoms with Gasteiger partial charge in [-0.3, -0.25) is 18.6 Å². The summed E-state index contributed by atoms with van der Waals surface area (Å²) in [6, 6.07) is 0. The molecular weight excluding hydrogens is 735 g/mol. The van der Waals surface area contributed by atoms with Crippen LogP contribution in [0.1, 0.15) is 136 Å². The Hall–Kier alpha value is -2.89. The molecule has 4 atom stereocenters. The van der Waals surface area contributed by atoms with E-state index < -0.39 is 57.9 Å². The van der Waals surface area contributed by atoms with Gasteiger partial charge >= 0.3 is 19.8 Å². The van der Waals surface area contributed by atoms with Crippen molar-refractivity contribution in [3.8, 4) is 0 Å². The second-order valence-electron chi connectivity index (χ2n) is 13.5. The van der Waals surface area contributed by atoms with Crippen LogP contribution in [-0.2, 0) is 32.7 Å². The molecule has 0 saturated heterocycles. The third-order valence-corrected chi connectivity index (χ3v) is 9.08. The lowest BCUT2D eigenvalue weighted by atomic mass is 10.1. The first-order chi connectivity index (χ1) is 27.1. The summed E-state index contributed by atoms with van der Waals surface area (Å²) in [5.74, 6) is -1.07. The Labute approximate surface area is 337 Å². The molecular formula is C44H73O11P. The number of esters is 2. The first-order valence-electron chi connectivity index (χ1n) is 20.7. The molecule has 12 heteroatoms. The highest BCUT2D eigenvalue weighted by Crippen LogP contribution is 2.43. The third-order valence-electron chi connectivity index (χ3n) is 8.13. The maximum absolute atomic E-state index is 12.6. The summed E-state index contributed by atoms with van der Waals surface area (Å²) in [7, 11) is -4.65. The predicted octanol–water partition coefficient (Wildman–Crippen LogP) is 9.63. The molecule has 0 amide bonds. The lowest BCUT2D eigenvalue weighted by Gasteiger charge is -2.20. The summed E-state index contributed by atoms with van der Waals surface area (Å²) in [6.45, 7) is 2.04. The van der Waals surface area contributed by atoms with Crippen LogP contribution < -0.4 is 0 Å². The molecule has 0 spiro atoms. The van der Waals surface area contributed by atoms with Crippen LogP contribution in [0.3, 0.4) is 0 Å². The minimum Gasteiger partial charge on any atom is -0.462 e. The predicted molar refractivity (Wildman–Crippen MR) is 225 cm³/mol. The Kier molecular flexibility index (Phi) is 36.9. The summed E-state index contributed by atoms with van der Waals surface area (Å²) in [5, 5.41) is 28.3. The molecule has 0 radical (unpaired) electrons. The summed E-state index contributed by atoms with van der Waals surface area (Å²) >= 11 is 0. The highest BCUT2D eigenvalue weighted by Gasteiger charge is 2.27. The van der Waals surface area contributed by atoms with Crippen LogP contribution in [0, 0.1) is 0 Å². The minimum absolute atomic E-state index is 0.0871. The van der Waals surface area contributed by atoms with E-state index in [0.29, 0.717) is 25.7 Å². The summed E-state index contributed by atoms with van der Waals surface area (Å²) in [4.78, 5) is 34.9. The van der Waals surface area contributed by atoms with E-state index >= 15 is 0 Å². The molecule has 0 fully saturated rings. The summed E-state index contributed by atoms with van der Waals surface area (Å²) in [6.07, 6.45) is 41.6. The number of phosphoric ester groups is 1. The number of carbonyl (C=O) groups is 2. The van der Waals surface area contributed by atoms with Crippen molar-refractivity contribution in [3.05, 3.63) is 85.1 Å². The fraction of sp³-hybridized carbons (Fsp3) is 0.636. The lowest BCUT2D eigenvalue weighted by Crippen LogP contribution is -2.29. The molecule has 0 aliphatic carbocycles. The molecule has 11 nitrogen and oxygen atoms in total. The molecule has 0 aromatic heterocycles. The van der Waals surface area contributed by atoms with Crippen molar-refractivity contribution < 1.29 is 52.9 Å². The van der Waals surface area contributed by atoms with Gasteiger partial charge in [0.1, 0.15) is 12.7 Å². The molecule has 0 rings (SSSR count). The first-order valence-corrected chi connectivity index (χ1v) is 22.1. The number of phosphoric acid groups is 1. The van der Waals surface area contributed by atoms with Crippen molar-refractivity contribution in [2.45, 2.75) is 154 Å². The Balaban J connectivity index is 4.53. The van der Waals surface area contributed by atoms with E-state index in [1.165, 1.54) is 25.7 Å².